The fraction of sp³-hybridized carbons (Fsp3) is 0.308. The number of hydrogen-bond donors (Lipinski definition) is 3. The molecule has 4 aromatic rings. The maximum atomic E-state index is 15.2. The standard InChI is InChI=1S/C22H21F2N7O2S.C4H10O/c1-12-10-18(25)27-11-14(12)22-29-17-7-6-15(28-20(17)21(26)30-22)13-4-2-5-16(19(13)24)31-34(32,33)9-3-8-23;1-3-5-4-2/h2,4-7,10-11,31H,3,8-9H2,1H3,(H2,25,27)(H2,26,29,30);3-4H2,1-2H3. The highest BCUT2D eigenvalue weighted by molar-refractivity contribution is 7.92. The summed E-state index contributed by atoms with van der Waals surface area (Å²) in [5.41, 5.74) is 14.0. The van der Waals surface area contributed by atoms with Gasteiger partial charge in [-0.3, -0.25) is 9.11 Å². The summed E-state index contributed by atoms with van der Waals surface area (Å²) in [7, 11) is -3.90. The second kappa shape index (κ2) is 13.2. The largest absolute Gasteiger partial charge is 0.384 e. The van der Waals surface area contributed by atoms with Crippen LogP contribution in [0.15, 0.2) is 42.6 Å². The summed E-state index contributed by atoms with van der Waals surface area (Å²) in [5, 5.41) is 0. The number of fused-ring (bicyclic) bond motifs is 1. The molecule has 208 valence electrons. The van der Waals surface area contributed by atoms with E-state index < -0.39 is 28.3 Å². The Bertz CT molecular complexity index is 1550. The van der Waals surface area contributed by atoms with Crippen LogP contribution in [-0.4, -0.2) is 54.0 Å². The first-order valence-corrected chi connectivity index (χ1v) is 13.8. The Labute approximate surface area is 225 Å². The zero-order valence-corrected chi connectivity index (χ0v) is 22.7. The van der Waals surface area contributed by atoms with Crippen LogP contribution in [0.5, 0.6) is 0 Å². The molecule has 3 aromatic heterocycles. The van der Waals surface area contributed by atoms with E-state index >= 15 is 4.39 Å². The normalized spacial score (nSPS) is 11.2. The molecule has 0 atom stereocenters. The molecule has 0 saturated carbocycles. The zero-order valence-electron chi connectivity index (χ0n) is 21.9. The van der Waals surface area contributed by atoms with Gasteiger partial charge in [-0.15, -0.1) is 0 Å². The summed E-state index contributed by atoms with van der Waals surface area (Å²) >= 11 is 0. The van der Waals surface area contributed by atoms with E-state index in [1.165, 1.54) is 18.2 Å². The Morgan fingerprint density at radius 2 is 1.77 bits per heavy atom. The number of pyridine rings is 2. The number of aromatic nitrogens is 4. The van der Waals surface area contributed by atoms with Gasteiger partial charge in [-0.25, -0.2) is 32.7 Å². The van der Waals surface area contributed by atoms with Crippen molar-refractivity contribution in [3.05, 3.63) is 54.0 Å². The smallest absolute Gasteiger partial charge is 0.232 e. The molecule has 39 heavy (non-hydrogen) atoms. The van der Waals surface area contributed by atoms with Gasteiger partial charge >= 0.3 is 0 Å². The van der Waals surface area contributed by atoms with Gasteiger partial charge in [0.2, 0.25) is 10.0 Å². The maximum Gasteiger partial charge on any atom is 0.232 e. The highest BCUT2D eigenvalue weighted by Crippen LogP contribution is 2.30. The number of nitrogens with two attached hydrogens (primary N) is 2. The average molecular weight is 560 g/mol. The lowest BCUT2D eigenvalue weighted by Crippen LogP contribution is -2.18. The third kappa shape index (κ3) is 7.54. The number of hydrogen-bond acceptors (Lipinski definition) is 9. The molecule has 0 radical (unpaired) electrons. The Morgan fingerprint density at radius 3 is 2.41 bits per heavy atom. The topological polar surface area (TPSA) is 159 Å². The zero-order chi connectivity index (χ0) is 28.6. The first kappa shape index (κ1) is 29.6. The lowest BCUT2D eigenvalue weighted by atomic mass is 10.1. The Balaban J connectivity index is 0.000000771. The molecule has 0 bridgehead atoms. The Kier molecular flexibility index (Phi) is 10.0. The average Bonchev–Trinajstić information content (AvgIpc) is 2.89. The summed E-state index contributed by atoms with van der Waals surface area (Å²) in [6.07, 6.45) is 1.37. The molecule has 0 spiro atoms. The number of aryl methyl sites for hydroxylation is 1. The highest BCUT2D eigenvalue weighted by Gasteiger charge is 2.18. The first-order chi connectivity index (χ1) is 18.6. The quantitative estimate of drug-likeness (QED) is 0.268. The number of sulfonamides is 1. The van der Waals surface area contributed by atoms with Crippen LogP contribution in [0.25, 0.3) is 33.7 Å². The van der Waals surface area contributed by atoms with Crippen LogP contribution in [0, 0.1) is 12.7 Å². The van der Waals surface area contributed by atoms with Gasteiger partial charge in [-0.05, 0) is 63.1 Å². The molecule has 0 aliphatic rings. The molecule has 0 fully saturated rings. The number of ether oxygens (including phenoxy) is 1. The molecule has 0 unspecified atom stereocenters. The van der Waals surface area contributed by atoms with E-state index in [9.17, 15) is 12.8 Å². The summed E-state index contributed by atoms with van der Waals surface area (Å²) < 4.78 is 58.6. The van der Waals surface area contributed by atoms with Crippen LogP contribution in [0.3, 0.4) is 0 Å². The molecule has 3 heterocycles. The Morgan fingerprint density at radius 1 is 1.03 bits per heavy atom. The van der Waals surface area contributed by atoms with E-state index in [0.717, 1.165) is 18.8 Å². The van der Waals surface area contributed by atoms with Crippen LogP contribution in [0.1, 0.15) is 25.8 Å². The number of halogens is 2. The van der Waals surface area contributed by atoms with Gasteiger partial charge in [0.05, 0.1) is 29.3 Å². The van der Waals surface area contributed by atoms with Crippen molar-refractivity contribution in [1.82, 2.24) is 19.9 Å². The maximum absolute atomic E-state index is 15.2. The minimum Gasteiger partial charge on any atom is -0.384 e. The predicted molar refractivity (Wildman–Crippen MR) is 150 cm³/mol. The van der Waals surface area contributed by atoms with Crippen molar-refractivity contribution >= 4 is 38.4 Å². The third-order valence-electron chi connectivity index (χ3n) is 5.44. The number of rotatable bonds is 9. The van der Waals surface area contributed by atoms with Crippen molar-refractivity contribution in [2.24, 2.45) is 0 Å². The van der Waals surface area contributed by atoms with E-state index in [2.05, 4.69) is 24.7 Å². The lowest BCUT2D eigenvalue weighted by molar-refractivity contribution is 0.162. The second-order valence-electron chi connectivity index (χ2n) is 8.33. The summed E-state index contributed by atoms with van der Waals surface area (Å²) in [5.74, 6) is -0.476. The number of nitrogen functional groups attached to an aromatic ring is 2. The fourth-order valence-electron chi connectivity index (χ4n) is 3.59. The van der Waals surface area contributed by atoms with Crippen LogP contribution in [0.2, 0.25) is 0 Å². The van der Waals surface area contributed by atoms with Gasteiger partial charge in [0.1, 0.15) is 11.3 Å². The molecular formula is C26H31F2N7O3S. The van der Waals surface area contributed by atoms with Crippen LogP contribution >= 0.6 is 0 Å². The SMILES string of the molecule is CCOCC.Cc1cc(N)ncc1-c1nc(N)c2nc(-c3cccc(NS(=O)(=O)CCCF)c3F)ccc2n1. The number of anilines is 3. The van der Waals surface area contributed by atoms with Crippen molar-refractivity contribution in [2.45, 2.75) is 27.2 Å². The van der Waals surface area contributed by atoms with Gasteiger partial charge in [-0.1, -0.05) is 6.07 Å². The van der Waals surface area contributed by atoms with E-state index in [1.54, 1.807) is 24.4 Å². The van der Waals surface area contributed by atoms with Crippen molar-refractivity contribution in [1.29, 1.82) is 0 Å². The summed E-state index contributed by atoms with van der Waals surface area (Å²) in [6, 6.07) is 9.08. The van der Waals surface area contributed by atoms with Gasteiger partial charge in [0.25, 0.3) is 0 Å². The van der Waals surface area contributed by atoms with Crippen molar-refractivity contribution < 1.29 is 21.9 Å². The first-order valence-electron chi connectivity index (χ1n) is 12.2. The highest BCUT2D eigenvalue weighted by atomic mass is 32.2. The molecule has 13 heteroatoms. The summed E-state index contributed by atoms with van der Waals surface area (Å²) in [4.78, 5) is 17.3. The predicted octanol–water partition coefficient (Wildman–Crippen LogP) is 4.51. The van der Waals surface area contributed by atoms with Crippen LogP contribution in [0.4, 0.5) is 26.1 Å². The van der Waals surface area contributed by atoms with Gasteiger partial charge in [-0.2, -0.15) is 0 Å². The molecule has 0 aliphatic heterocycles. The van der Waals surface area contributed by atoms with E-state index in [1.807, 2.05) is 20.8 Å². The third-order valence-corrected chi connectivity index (χ3v) is 6.79. The Hall–Kier alpha value is -3.97. The molecule has 1 aromatic carbocycles. The summed E-state index contributed by atoms with van der Waals surface area (Å²) in [6.45, 7) is 6.73. The van der Waals surface area contributed by atoms with Crippen molar-refractivity contribution in [2.75, 3.05) is 41.8 Å². The molecule has 5 N–H and O–H groups in total. The van der Waals surface area contributed by atoms with E-state index in [4.69, 9.17) is 16.2 Å². The van der Waals surface area contributed by atoms with Crippen LogP contribution < -0.4 is 16.2 Å². The van der Waals surface area contributed by atoms with E-state index in [-0.39, 0.29) is 34.7 Å². The monoisotopic (exact) mass is 559 g/mol. The van der Waals surface area contributed by atoms with E-state index in [0.29, 0.717) is 22.7 Å². The number of benzene rings is 1. The van der Waals surface area contributed by atoms with Crippen molar-refractivity contribution in [3.8, 4) is 22.6 Å². The van der Waals surface area contributed by atoms with Gasteiger partial charge in [0.15, 0.2) is 17.5 Å². The van der Waals surface area contributed by atoms with Crippen LogP contribution in [-0.2, 0) is 14.8 Å². The number of alkyl halides is 1. The molecule has 0 saturated heterocycles. The number of nitrogens with one attached hydrogen (secondary N) is 1. The second-order valence-corrected chi connectivity index (χ2v) is 10.2. The lowest BCUT2D eigenvalue weighted by Gasteiger charge is -2.12. The van der Waals surface area contributed by atoms with Crippen molar-refractivity contribution in [3.63, 3.8) is 0 Å². The van der Waals surface area contributed by atoms with Gasteiger partial charge in [0, 0.05) is 30.5 Å². The molecular weight excluding hydrogens is 528 g/mol. The molecule has 10 nitrogen and oxygen atoms in total. The molecule has 4 rings (SSSR count). The fourth-order valence-corrected chi connectivity index (χ4v) is 4.68. The number of nitrogens with zero attached hydrogens (tertiary/aromatic N) is 4. The minimum atomic E-state index is -3.90. The molecule has 0 amide bonds. The van der Waals surface area contributed by atoms with Gasteiger partial charge < -0.3 is 16.2 Å². The minimum absolute atomic E-state index is 0.0506. The molecule has 0 aliphatic carbocycles.